The molecule has 3 aromatic rings. The molecule has 1 heterocycles. The lowest BCUT2D eigenvalue weighted by Gasteiger charge is -2.23. The highest BCUT2D eigenvalue weighted by Gasteiger charge is 2.24. The second kappa shape index (κ2) is 6.25. The first kappa shape index (κ1) is 14.1. The van der Waals surface area contributed by atoms with Crippen molar-refractivity contribution in [3.63, 3.8) is 0 Å². The van der Waals surface area contributed by atoms with Crippen molar-refractivity contribution in [2.45, 2.75) is 18.9 Å². The molecule has 1 nitrogen and oxygen atoms in total. The van der Waals surface area contributed by atoms with Crippen LogP contribution in [0.4, 0.5) is 0 Å². The first-order chi connectivity index (χ1) is 10.3. The second-order valence-corrected chi connectivity index (χ2v) is 6.35. The summed E-state index contributed by atoms with van der Waals surface area (Å²) >= 11 is 1.68. The number of hydrogen-bond donors (Lipinski definition) is 1. The van der Waals surface area contributed by atoms with Gasteiger partial charge in [0.05, 0.1) is 6.10 Å². The van der Waals surface area contributed by atoms with Gasteiger partial charge in [0.15, 0.2) is 0 Å². The molecule has 1 aromatic heterocycles. The van der Waals surface area contributed by atoms with Gasteiger partial charge in [0, 0.05) is 10.8 Å². The lowest BCUT2D eigenvalue weighted by Crippen LogP contribution is -2.12. The Labute approximate surface area is 129 Å². The predicted molar refractivity (Wildman–Crippen MR) is 88.7 cm³/mol. The fraction of sp³-hybridized carbons (Fsp3) is 0.158. The van der Waals surface area contributed by atoms with E-state index in [1.54, 1.807) is 11.3 Å². The van der Waals surface area contributed by atoms with Gasteiger partial charge in [-0.25, -0.2) is 0 Å². The Hall–Kier alpha value is -1.90. The predicted octanol–water partition coefficient (Wildman–Crippen LogP) is 4.92. The SMILES string of the molecule is Cc1cc(C(O)C(c2ccccc2)c2ccccc2)cs1. The number of benzene rings is 2. The van der Waals surface area contributed by atoms with E-state index in [4.69, 9.17) is 0 Å². The Morgan fingerprint density at radius 1 is 0.810 bits per heavy atom. The molecule has 0 radical (unpaired) electrons. The van der Waals surface area contributed by atoms with Gasteiger partial charge in [-0.3, -0.25) is 0 Å². The molecular formula is C19H18OS. The van der Waals surface area contributed by atoms with E-state index in [9.17, 15) is 5.11 Å². The van der Waals surface area contributed by atoms with Crippen LogP contribution in [0.2, 0.25) is 0 Å². The average Bonchev–Trinajstić information content (AvgIpc) is 2.96. The minimum absolute atomic E-state index is 0.0404. The van der Waals surface area contributed by atoms with E-state index in [2.05, 4.69) is 42.6 Å². The van der Waals surface area contributed by atoms with E-state index in [1.165, 1.54) is 4.88 Å². The van der Waals surface area contributed by atoms with Crippen LogP contribution in [-0.4, -0.2) is 5.11 Å². The largest absolute Gasteiger partial charge is 0.387 e. The van der Waals surface area contributed by atoms with Crippen molar-refractivity contribution >= 4 is 11.3 Å². The van der Waals surface area contributed by atoms with Gasteiger partial charge < -0.3 is 5.11 Å². The maximum absolute atomic E-state index is 10.9. The van der Waals surface area contributed by atoms with Crippen LogP contribution in [0.3, 0.4) is 0 Å². The fourth-order valence-corrected chi connectivity index (χ4v) is 3.42. The van der Waals surface area contributed by atoms with Gasteiger partial charge in [0.1, 0.15) is 0 Å². The number of aliphatic hydroxyl groups is 1. The Balaban J connectivity index is 2.04. The molecule has 0 fully saturated rings. The smallest absolute Gasteiger partial charge is 0.0907 e. The highest BCUT2D eigenvalue weighted by Crippen LogP contribution is 2.37. The molecule has 0 saturated carbocycles. The molecule has 0 aliphatic carbocycles. The zero-order valence-electron chi connectivity index (χ0n) is 11.9. The van der Waals surface area contributed by atoms with Gasteiger partial charge >= 0.3 is 0 Å². The van der Waals surface area contributed by atoms with E-state index in [1.807, 2.05) is 36.4 Å². The van der Waals surface area contributed by atoms with Gasteiger partial charge in [-0.2, -0.15) is 0 Å². The van der Waals surface area contributed by atoms with Crippen molar-refractivity contribution in [1.82, 2.24) is 0 Å². The topological polar surface area (TPSA) is 20.2 Å². The highest BCUT2D eigenvalue weighted by atomic mass is 32.1. The summed E-state index contributed by atoms with van der Waals surface area (Å²) in [6.07, 6.45) is -0.528. The first-order valence-electron chi connectivity index (χ1n) is 7.08. The normalized spacial score (nSPS) is 12.5. The van der Waals surface area contributed by atoms with Gasteiger partial charge in [-0.05, 0) is 35.1 Å². The lowest BCUT2D eigenvalue weighted by molar-refractivity contribution is 0.159. The average molecular weight is 294 g/mol. The molecule has 0 spiro atoms. The van der Waals surface area contributed by atoms with Crippen LogP contribution in [0, 0.1) is 6.92 Å². The zero-order valence-corrected chi connectivity index (χ0v) is 12.8. The van der Waals surface area contributed by atoms with Crippen molar-refractivity contribution in [1.29, 1.82) is 0 Å². The summed E-state index contributed by atoms with van der Waals surface area (Å²) in [7, 11) is 0. The number of aliphatic hydroxyl groups excluding tert-OH is 1. The van der Waals surface area contributed by atoms with E-state index >= 15 is 0 Å². The quantitative estimate of drug-likeness (QED) is 0.724. The molecule has 1 unspecified atom stereocenters. The molecule has 21 heavy (non-hydrogen) atoms. The molecule has 106 valence electrons. The summed E-state index contributed by atoms with van der Waals surface area (Å²) in [4.78, 5) is 1.23. The number of thiophene rings is 1. The van der Waals surface area contributed by atoms with Crippen LogP contribution < -0.4 is 0 Å². The van der Waals surface area contributed by atoms with Crippen molar-refractivity contribution < 1.29 is 5.11 Å². The number of aryl methyl sites for hydroxylation is 1. The zero-order chi connectivity index (χ0) is 14.7. The summed E-state index contributed by atoms with van der Waals surface area (Å²) in [5.41, 5.74) is 3.27. The Morgan fingerprint density at radius 2 is 1.33 bits per heavy atom. The van der Waals surface area contributed by atoms with Crippen molar-refractivity contribution in [2.75, 3.05) is 0 Å². The molecule has 0 aliphatic rings. The Bertz CT molecular complexity index is 648. The molecule has 0 aliphatic heterocycles. The second-order valence-electron chi connectivity index (χ2n) is 5.23. The third kappa shape index (κ3) is 3.07. The van der Waals surface area contributed by atoms with E-state index in [-0.39, 0.29) is 5.92 Å². The minimum Gasteiger partial charge on any atom is -0.387 e. The Morgan fingerprint density at radius 3 is 1.76 bits per heavy atom. The molecule has 1 atom stereocenters. The Kier molecular flexibility index (Phi) is 4.18. The molecule has 0 saturated heterocycles. The maximum atomic E-state index is 10.9. The van der Waals surface area contributed by atoms with Crippen LogP contribution >= 0.6 is 11.3 Å². The third-order valence-corrected chi connectivity index (χ3v) is 4.61. The molecule has 0 bridgehead atoms. The van der Waals surface area contributed by atoms with Crippen LogP contribution in [0.15, 0.2) is 72.1 Å². The van der Waals surface area contributed by atoms with E-state index < -0.39 is 6.10 Å². The third-order valence-electron chi connectivity index (χ3n) is 3.73. The van der Waals surface area contributed by atoms with Gasteiger partial charge in [0.25, 0.3) is 0 Å². The van der Waals surface area contributed by atoms with Crippen LogP contribution in [-0.2, 0) is 0 Å². The molecule has 1 N–H and O–H groups in total. The molecular weight excluding hydrogens is 276 g/mol. The van der Waals surface area contributed by atoms with Crippen molar-refractivity contribution in [3.8, 4) is 0 Å². The lowest BCUT2D eigenvalue weighted by atomic mass is 9.84. The summed E-state index contributed by atoms with van der Waals surface area (Å²) < 4.78 is 0. The number of rotatable bonds is 4. The van der Waals surface area contributed by atoms with E-state index in [0.29, 0.717) is 0 Å². The molecule has 2 aromatic carbocycles. The molecule has 2 heteroatoms. The summed E-state index contributed by atoms with van der Waals surface area (Å²) in [5.74, 6) is -0.0404. The van der Waals surface area contributed by atoms with E-state index in [0.717, 1.165) is 16.7 Å². The van der Waals surface area contributed by atoms with Gasteiger partial charge in [0.2, 0.25) is 0 Å². The van der Waals surface area contributed by atoms with Crippen LogP contribution in [0.5, 0.6) is 0 Å². The summed E-state index contributed by atoms with van der Waals surface area (Å²) in [6.45, 7) is 2.07. The standard InChI is InChI=1S/C19H18OS/c1-14-12-17(13-21-14)19(20)18(15-8-4-2-5-9-15)16-10-6-3-7-11-16/h2-13,18-20H,1H3. The minimum atomic E-state index is -0.528. The number of hydrogen-bond acceptors (Lipinski definition) is 2. The maximum Gasteiger partial charge on any atom is 0.0907 e. The summed E-state index contributed by atoms with van der Waals surface area (Å²) in [5, 5.41) is 13.0. The van der Waals surface area contributed by atoms with Gasteiger partial charge in [-0.15, -0.1) is 11.3 Å². The molecule has 3 rings (SSSR count). The van der Waals surface area contributed by atoms with Crippen molar-refractivity contribution in [2.24, 2.45) is 0 Å². The van der Waals surface area contributed by atoms with Crippen LogP contribution in [0.1, 0.15) is 33.6 Å². The first-order valence-corrected chi connectivity index (χ1v) is 7.96. The highest BCUT2D eigenvalue weighted by molar-refractivity contribution is 7.10. The van der Waals surface area contributed by atoms with Gasteiger partial charge in [-0.1, -0.05) is 60.7 Å². The molecule has 0 amide bonds. The monoisotopic (exact) mass is 294 g/mol. The van der Waals surface area contributed by atoms with Crippen molar-refractivity contribution in [3.05, 3.63) is 93.7 Å². The fourth-order valence-electron chi connectivity index (χ4n) is 2.69. The summed E-state index contributed by atoms with van der Waals surface area (Å²) in [6, 6.07) is 22.5. The van der Waals surface area contributed by atoms with Crippen LogP contribution in [0.25, 0.3) is 0 Å².